The Balaban J connectivity index is 1.56. The van der Waals surface area contributed by atoms with Crippen LogP contribution in [0.25, 0.3) is 0 Å². The molecule has 2 aromatic carbocycles. The summed E-state index contributed by atoms with van der Waals surface area (Å²) in [7, 11) is -4.21. The molecule has 0 aliphatic carbocycles. The average Bonchev–Trinajstić information content (AvgIpc) is 3.63. The predicted molar refractivity (Wildman–Crippen MR) is 206 cm³/mol. The molecule has 0 saturated carbocycles. The Hall–Kier alpha value is -4.47. The largest absolute Gasteiger partial charge is 0.480 e. The van der Waals surface area contributed by atoms with Gasteiger partial charge in [-0.2, -0.15) is 0 Å². The van der Waals surface area contributed by atoms with Crippen molar-refractivity contribution in [1.82, 2.24) is 24.7 Å². The van der Waals surface area contributed by atoms with Crippen molar-refractivity contribution < 1.29 is 37.9 Å². The minimum absolute atomic E-state index is 0.218. The van der Waals surface area contributed by atoms with Crippen molar-refractivity contribution in [2.75, 3.05) is 19.1 Å². The van der Waals surface area contributed by atoms with Crippen LogP contribution in [0.4, 0.5) is 0 Å². The maximum absolute atomic E-state index is 14.9. The van der Waals surface area contributed by atoms with Crippen LogP contribution in [0.5, 0.6) is 11.5 Å². The first kappa shape index (κ1) is 42.3. The van der Waals surface area contributed by atoms with E-state index in [2.05, 4.69) is 10.6 Å². The predicted octanol–water partition coefficient (Wildman–Crippen LogP) is 4.12. The number of aromatic nitrogens is 2. The number of aliphatic carboxylic acids is 1. The topological polar surface area (TPSA) is 195 Å². The first-order valence-corrected chi connectivity index (χ1v) is 21.3. The van der Waals surface area contributed by atoms with Crippen molar-refractivity contribution in [1.29, 1.82) is 0 Å². The number of amides is 3. The van der Waals surface area contributed by atoms with Crippen LogP contribution in [0.1, 0.15) is 40.5 Å². The summed E-state index contributed by atoms with van der Waals surface area (Å²) >= 11 is 3.07. The molecule has 3 aromatic rings. The fourth-order valence-electron chi connectivity index (χ4n) is 5.88. The minimum atomic E-state index is -4.21. The third-order valence-electron chi connectivity index (χ3n) is 8.68. The number of hydrogen-bond donors (Lipinski definition) is 3. The van der Waals surface area contributed by atoms with E-state index in [1.165, 1.54) is 28.4 Å². The van der Waals surface area contributed by atoms with Crippen LogP contribution in [0.15, 0.2) is 80.2 Å². The highest BCUT2D eigenvalue weighted by Gasteiger charge is 2.46. The van der Waals surface area contributed by atoms with Crippen LogP contribution < -0.4 is 30.9 Å². The number of benzene rings is 2. The zero-order chi connectivity index (χ0) is 39.7. The SMILES string of the molecule is CSc1ccc(OP(=O)(Oc2ccc(SC)cc2)C(NC(=O)[C@@H]2CCCN2C(=O)[C@@H](NC(=O)Cn2ccc(=O)n(CC(=O)O)c2=O)C(C)C)C(C)C)cc1. The second-order valence-electron chi connectivity index (χ2n) is 13.3. The lowest BCUT2D eigenvalue weighted by atomic mass is 10.0. The molecule has 3 N–H and O–H groups in total. The van der Waals surface area contributed by atoms with E-state index < -0.39 is 85.3 Å². The molecule has 18 heteroatoms. The highest BCUT2D eigenvalue weighted by molar-refractivity contribution is 7.98. The van der Waals surface area contributed by atoms with Crippen LogP contribution in [-0.4, -0.2) is 79.8 Å². The lowest BCUT2D eigenvalue weighted by molar-refractivity contribution is -0.142. The molecule has 1 unspecified atom stereocenters. The second kappa shape index (κ2) is 18.7. The highest BCUT2D eigenvalue weighted by atomic mass is 32.2. The van der Waals surface area contributed by atoms with Gasteiger partial charge in [0.25, 0.3) is 5.56 Å². The Morgan fingerprint density at radius 2 is 1.41 bits per heavy atom. The summed E-state index contributed by atoms with van der Waals surface area (Å²) in [6.07, 6.45) is 5.73. The van der Waals surface area contributed by atoms with Gasteiger partial charge in [0, 0.05) is 28.6 Å². The van der Waals surface area contributed by atoms with Gasteiger partial charge in [-0.25, -0.2) is 13.9 Å². The third-order valence-corrected chi connectivity index (χ3v) is 12.5. The average molecular weight is 804 g/mol. The quantitative estimate of drug-likeness (QED) is 0.131. The standard InChI is InChI=1S/C36H46N5O10PS2/c1-22(2)32(37-29(42)20-39-19-17-30(43)41(36(39)48)21-31(44)45)35(47)40-18-7-8-28(40)33(46)38-34(23(3)4)52(49,50-24-9-13-26(53-5)14-10-24)51-25-11-15-27(54-6)16-12-25/h9-17,19,22-23,28,32,34H,7-8,18,20-21H2,1-6H3,(H,37,42)(H,38,46)(H,44,45)/t28-,32-,34?/m0/s1. The van der Waals surface area contributed by atoms with Crippen molar-refractivity contribution in [2.24, 2.45) is 11.8 Å². The number of thioether (sulfide) groups is 2. The first-order valence-electron chi connectivity index (χ1n) is 17.3. The summed E-state index contributed by atoms with van der Waals surface area (Å²) in [5.41, 5.74) is -1.83. The van der Waals surface area contributed by atoms with E-state index in [-0.39, 0.29) is 18.0 Å². The molecule has 0 radical (unpaired) electrons. The number of nitrogens with zero attached hydrogens (tertiary/aromatic N) is 3. The number of carbonyl (C=O) groups excluding carboxylic acids is 3. The molecule has 0 spiro atoms. The van der Waals surface area contributed by atoms with Crippen molar-refractivity contribution in [2.45, 2.75) is 81.3 Å². The van der Waals surface area contributed by atoms with Crippen LogP contribution in [0.3, 0.4) is 0 Å². The molecule has 1 fully saturated rings. The number of carbonyl (C=O) groups is 4. The van der Waals surface area contributed by atoms with Gasteiger partial charge in [0.2, 0.25) is 17.7 Å². The first-order chi connectivity index (χ1) is 25.6. The summed E-state index contributed by atoms with van der Waals surface area (Å²) in [6, 6.07) is 12.9. The van der Waals surface area contributed by atoms with Gasteiger partial charge in [-0.15, -0.1) is 23.5 Å². The molecule has 1 aliphatic heterocycles. The minimum Gasteiger partial charge on any atom is -0.480 e. The Labute approximate surface area is 321 Å². The maximum Gasteiger partial charge on any atom is 0.453 e. The Bertz CT molecular complexity index is 1930. The summed E-state index contributed by atoms with van der Waals surface area (Å²) in [5, 5.41) is 14.6. The summed E-state index contributed by atoms with van der Waals surface area (Å²) in [6.45, 7) is 5.72. The van der Waals surface area contributed by atoms with E-state index in [9.17, 15) is 33.3 Å². The zero-order valence-electron chi connectivity index (χ0n) is 30.9. The second-order valence-corrected chi connectivity index (χ2v) is 17.1. The molecule has 1 aliphatic rings. The van der Waals surface area contributed by atoms with Gasteiger partial charge >= 0.3 is 19.3 Å². The molecule has 292 valence electrons. The van der Waals surface area contributed by atoms with Crippen molar-refractivity contribution in [3.05, 3.63) is 81.6 Å². The van der Waals surface area contributed by atoms with E-state index >= 15 is 0 Å². The number of carboxylic acids is 1. The molecular weight excluding hydrogens is 758 g/mol. The molecule has 2 heterocycles. The van der Waals surface area contributed by atoms with Gasteiger partial charge < -0.3 is 29.7 Å². The van der Waals surface area contributed by atoms with Gasteiger partial charge in [-0.05, 0) is 85.7 Å². The Morgan fingerprint density at radius 1 is 0.852 bits per heavy atom. The van der Waals surface area contributed by atoms with Crippen LogP contribution in [0, 0.1) is 11.8 Å². The number of hydrogen-bond acceptors (Lipinski definition) is 11. The third kappa shape index (κ3) is 10.6. The van der Waals surface area contributed by atoms with Gasteiger partial charge in [0.05, 0.1) is 0 Å². The lowest BCUT2D eigenvalue weighted by Gasteiger charge is -2.34. The fraction of sp³-hybridized carbons (Fsp3) is 0.444. The van der Waals surface area contributed by atoms with Gasteiger partial charge in [0.15, 0.2) is 5.78 Å². The molecule has 1 aromatic heterocycles. The fourth-order valence-corrected chi connectivity index (χ4v) is 8.81. The summed E-state index contributed by atoms with van der Waals surface area (Å²) < 4.78 is 28.5. The van der Waals surface area contributed by atoms with E-state index in [0.717, 1.165) is 26.6 Å². The van der Waals surface area contributed by atoms with Crippen LogP contribution in [0.2, 0.25) is 0 Å². The number of likely N-dealkylation sites (tertiary alicyclic amines) is 1. The number of nitrogens with one attached hydrogen (secondary N) is 2. The summed E-state index contributed by atoms with van der Waals surface area (Å²) in [5.74, 6) is -4.69. The monoisotopic (exact) mass is 803 g/mol. The molecule has 0 bridgehead atoms. The molecule has 3 amide bonds. The van der Waals surface area contributed by atoms with Crippen molar-refractivity contribution >= 4 is 54.8 Å². The lowest BCUT2D eigenvalue weighted by Crippen LogP contribution is -2.57. The van der Waals surface area contributed by atoms with Crippen LogP contribution in [-0.2, 0) is 36.8 Å². The number of carboxylic acid groups (broad SMARTS) is 1. The molecule has 54 heavy (non-hydrogen) atoms. The molecular formula is C36H46N5O10PS2. The highest BCUT2D eigenvalue weighted by Crippen LogP contribution is 2.54. The molecule has 15 nitrogen and oxygen atoms in total. The van der Waals surface area contributed by atoms with E-state index in [1.54, 1.807) is 52.0 Å². The Kier molecular flexibility index (Phi) is 14.7. The van der Waals surface area contributed by atoms with E-state index in [4.69, 9.17) is 14.2 Å². The van der Waals surface area contributed by atoms with E-state index in [0.29, 0.717) is 17.4 Å². The van der Waals surface area contributed by atoms with Crippen molar-refractivity contribution in [3.8, 4) is 11.5 Å². The summed E-state index contributed by atoms with van der Waals surface area (Å²) in [4.78, 5) is 80.5. The Morgan fingerprint density at radius 3 is 1.89 bits per heavy atom. The zero-order valence-corrected chi connectivity index (χ0v) is 33.5. The van der Waals surface area contributed by atoms with E-state index in [1.807, 2.05) is 36.8 Å². The molecule has 3 atom stereocenters. The maximum atomic E-state index is 14.9. The van der Waals surface area contributed by atoms with Crippen molar-refractivity contribution in [3.63, 3.8) is 0 Å². The van der Waals surface area contributed by atoms with Crippen LogP contribution >= 0.6 is 31.1 Å². The molecule has 4 rings (SSSR count). The molecule has 1 saturated heterocycles. The van der Waals surface area contributed by atoms with Gasteiger partial charge in [-0.1, -0.05) is 27.7 Å². The smallest absolute Gasteiger partial charge is 0.453 e. The number of rotatable bonds is 17. The normalized spacial score (nSPS) is 15.5. The van der Waals surface area contributed by atoms with Gasteiger partial charge in [-0.3, -0.25) is 28.5 Å². The van der Waals surface area contributed by atoms with Gasteiger partial charge in [0.1, 0.15) is 36.7 Å².